The maximum atomic E-state index is 12.3. The fraction of sp³-hybridized carbons (Fsp3) is 0.846. The van der Waals surface area contributed by atoms with E-state index in [1.54, 1.807) is 4.90 Å². The van der Waals surface area contributed by atoms with Crippen molar-refractivity contribution in [3.8, 4) is 0 Å². The highest BCUT2D eigenvalue weighted by Gasteiger charge is 2.40. The van der Waals surface area contributed by atoms with Crippen LogP contribution in [-0.4, -0.2) is 53.1 Å². The van der Waals surface area contributed by atoms with Crippen molar-refractivity contribution < 1.29 is 14.7 Å². The summed E-state index contributed by atoms with van der Waals surface area (Å²) >= 11 is 0. The van der Waals surface area contributed by atoms with Crippen LogP contribution in [0.25, 0.3) is 0 Å². The number of carbonyl (C=O) groups is 2. The number of amides is 2. The Morgan fingerprint density at radius 3 is 2.33 bits per heavy atom. The molecule has 5 heteroatoms. The molecule has 1 N–H and O–H groups in total. The molecule has 2 amide bonds. The van der Waals surface area contributed by atoms with Gasteiger partial charge >= 0.3 is 12.0 Å². The summed E-state index contributed by atoms with van der Waals surface area (Å²) in [5.74, 6) is -1.16. The predicted molar refractivity (Wildman–Crippen MR) is 67.2 cm³/mol. The third-order valence-corrected chi connectivity index (χ3v) is 4.15. The first kappa shape index (κ1) is 13.2. The van der Waals surface area contributed by atoms with Crippen molar-refractivity contribution in [2.24, 2.45) is 17.3 Å². The van der Waals surface area contributed by atoms with E-state index in [1.807, 2.05) is 11.8 Å². The summed E-state index contributed by atoms with van der Waals surface area (Å²) in [6, 6.07) is 0.0103. The second kappa shape index (κ2) is 4.44. The smallest absolute Gasteiger partial charge is 0.320 e. The lowest BCUT2D eigenvalue weighted by Crippen LogP contribution is -2.41. The molecule has 2 aliphatic rings. The highest BCUT2D eigenvalue weighted by molar-refractivity contribution is 5.78. The summed E-state index contributed by atoms with van der Waals surface area (Å²) in [7, 11) is 0. The summed E-state index contributed by atoms with van der Waals surface area (Å²) in [6.45, 7) is 8.70. The third-order valence-electron chi connectivity index (χ3n) is 4.15. The highest BCUT2D eigenvalue weighted by Crippen LogP contribution is 2.31. The van der Waals surface area contributed by atoms with E-state index < -0.39 is 11.9 Å². The number of carboxylic acid groups (broad SMARTS) is 1. The fourth-order valence-electron chi connectivity index (χ4n) is 2.92. The van der Waals surface area contributed by atoms with Crippen molar-refractivity contribution in [1.82, 2.24) is 9.80 Å². The van der Waals surface area contributed by atoms with Gasteiger partial charge in [0.1, 0.15) is 0 Å². The molecule has 0 aliphatic carbocycles. The second-order valence-corrected chi connectivity index (χ2v) is 6.45. The molecule has 0 saturated carbocycles. The normalized spacial score (nSPS) is 30.8. The molecule has 2 atom stereocenters. The monoisotopic (exact) mass is 254 g/mol. The van der Waals surface area contributed by atoms with Gasteiger partial charge in [0.2, 0.25) is 0 Å². The molecule has 102 valence electrons. The van der Waals surface area contributed by atoms with Crippen LogP contribution in [0.1, 0.15) is 27.2 Å². The average molecular weight is 254 g/mol. The summed E-state index contributed by atoms with van der Waals surface area (Å²) in [5.41, 5.74) is 0.188. The SMILES string of the molecule is C[C@@H]1CN(C(=O)N2CCC(C)(C)C2)C[C@H]1C(=O)O. The van der Waals surface area contributed by atoms with E-state index in [0.29, 0.717) is 13.1 Å². The van der Waals surface area contributed by atoms with Crippen molar-refractivity contribution >= 4 is 12.0 Å². The zero-order valence-corrected chi connectivity index (χ0v) is 11.3. The van der Waals surface area contributed by atoms with Gasteiger partial charge in [0.15, 0.2) is 0 Å². The van der Waals surface area contributed by atoms with Gasteiger partial charge in [-0.25, -0.2) is 4.79 Å². The molecule has 2 rings (SSSR count). The van der Waals surface area contributed by atoms with E-state index in [-0.39, 0.29) is 17.4 Å². The van der Waals surface area contributed by atoms with E-state index in [0.717, 1.165) is 19.5 Å². The van der Waals surface area contributed by atoms with E-state index in [2.05, 4.69) is 13.8 Å². The van der Waals surface area contributed by atoms with E-state index >= 15 is 0 Å². The van der Waals surface area contributed by atoms with Gasteiger partial charge < -0.3 is 14.9 Å². The quantitative estimate of drug-likeness (QED) is 0.771. The molecule has 2 aliphatic heterocycles. The Bertz CT molecular complexity index is 367. The van der Waals surface area contributed by atoms with Crippen LogP contribution in [0.4, 0.5) is 4.79 Å². The number of rotatable bonds is 1. The minimum Gasteiger partial charge on any atom is -0.481 e. The molecule has 0 aromatic heterocycles. The van der Waals surface area contributed by atoms with Crippen LogP contribution in [0.15, 0.2) is 0 Å². The Morgan fingerprint density at radius 2 is 1.89 bits per heavy atom. The molecule has 0 bridgehead atoms. The third kappa shape index (κ3) is 2.44. The molecule has 2 fully saturated rings. The first-order valence-corrected chi connectivity index (χ1v) is 6.57. The first-order valence-electron chi connectivity index (χ1n) is 6.57. The first-order chi connectivity index (χ1) is 8.30. The number of carboxylic acids is 1. The maximum Gasteiger partial charge on any atom is 0.320 e. The predicted octanol–water partition coefficient (Wildman–Crippen LogP) is 1.49. The zero-order chi connectivity index (χ0) is 13.5. The van der Waals surface area contributed by atoms with Gasteiger partial charge in [-0.3, -0.25) is 4.79 Å². The molecule has 0 unspecified atom stereocenters. The minimum absolute atomic E-state index is 0.0103. The van der Waals surface area contributed by atoms with Crippen LogP contribution in [0.5, 0.6) is 0 Å². The lowest BCUT2D eigenvalue weighted by molar-refractivity contribution is -0.142. The Morgan fingerprint density at radius 1 is 1.22 bits per heavy atom. The number of hydrogen-bond acceptors (Lipinski definition) is 2. The fourth-order valence-corrected chi connectivity index (χ4v) is 2.92. The molecule has 2 heterocycles. The summed E-state index contributed by atoms with van der Waals surface area (Å²) in [5, 5.41) is 9.08. The van der Waals surface area contributed by atoms with Crippen molar-refractivity contribution in [3.63, 3.8) is 0 Å². The Kier molecular flexibility index (Phi) is 3.25. The van der Waals surface area contributed by atoms with Gasteiger partial charge in [-0.1, -0.05) is 20.8 Å². The molecule has 0 aromatic rings. The highest BCUT2D eigenvalue weighted by atomic mass is 16.4. The number of aliphatic carboxylic acids is 1. The van der Waals surface area contributed by atoms with Gasteiger partial charge in [0.25, 0.3) is 0 Å². The average Bonchev–Trinajstić information content (AvgIpc) is 2.80. The van der Waals surface area contributed by atoms with Crippen molar-refractivity contribution in [2.45, 2.75) is 27.2 Å². The molecule has 5 nitrogen and oxygen atoms in total. The molecule has 2 saturated heterocycles. The molecule has 0 radical (unpaired) electrons. The van der Waals surface area contributed by atoms with E-state index in [9.17, 15) is 9.59 Å². The Hall–Kier alpha value is -1.26. The van der Waals surface area contributed by atoms with E-state index in [1.165, 1.54) is 0 Å². The molecule has 18 heavy (non-hydrogen) atoms. The number of likely N-dealkylation sites (tertiary alicyclic amines) is 2. The van der Waals surface area contributed by atoms with Gasteiger partial charge in [0, 0.05) is 26.2 Å². The number of urea groups is 1. The largest absolute Gasteiger partial charge is 0.481 e. The van der Waals surface area contributed by atoms with E-state index in [4.69, 9.17) is 5.11 Å². The van der Waals surface area contributed by atoms with Crippen LogP contribution in [0.3, 0.4) is 0 Å². The Labute approximate surface area is 108 Å². The van der Waals surface area contributed by atoms with Crippen LogP contribution in [0.2, 0.25) is 0 Å². The summed E-state index contributed by atoms with van der Waals surface area (Å²) in [4.78, 5) is 26.9. The molecule has 0 spiro atoms. The topological polar surface area (TPSA) is 60.9 Å². The van der Waals surface area contributed by atoms with Crippen LogP contribution >= 0.6 is 0 Å². The zero-order valence-electron chi connectivity index (χ0n) is 11.3. The summed E-state index contributed by atoms with van der Waals surface area (Å²) in [6.07, 6.45) is 1.02. The Balaban J connectivity index is 1.98. The molecular weight excluding hydrogens is 232 g/mol. The van der Waals surface area contributed by atoms with Crippen molar-refractivity contribution in [2.75, 3.05) is 26.2 Å². The van der Waals surface area contributed by atoms with Crippen LogP contribution in [-0.2, 0) is 4.79 Å². The lowest BCUT2D eigenvalue weighted by Gasteiger charge is -2.25. The van der Waals surface area contributed by atoms with Crippen molar-refractivity contribution in [1.29, 1.82) is 0 Å². The number of nitrogens with zero attached hydrogens (tertiary/aromatic N) is 2. The van der Waals surface area contributed by atoms with Gasteiger partial charge in [0.05, 0.1) is 5.92 Å². The van der Waals surface area contributed by atoms with Gasteiger partial charge in [-0.05, 0) is 17.8 Å². The maximum absolute atomic E-state index is 12.3. The molecule has 0 aromatic carbocycles. The number of hydrogen-bond donors (Lipinski definition) is 1. The number of carbonyl (C=O) groups excluding carboxylic acids is 1. The van der Waals surface area contributed by atoms with Crippen LogP contribution in [0, 0.1) is 17.3 Å². The van der Waals surface area contributed by atoms with Crippen molar-refractivity contribution in [3.05, 3.63) is 0 Å². The minimum atomic E-state index is -0.792. The lowest BCUT2D eigenvalue weighted by atomic mass is 9.93. The molecular formula is C13H22N2O3. The van der Waals surface area contributed by atoms with Gasteiger partial charge in [-0.15, -0.1) is 0 Å². The standard InChI is InChI=1S/C13H22N2O3/c1-9-6-15(7-10(9)11(16)17)12(18)14-5-4-13(2,3)8-14/h9-10H,4-8H2,1-3H3,(H,16,17)/t9-,10-/m1/s1. The summed E-state index contributed by atoms with van der Waals surface area (Å²) < 4.78 is 0. The van der Waals surface area contributed by atoms with Gasteiger partial charge in [-0.2, -0.15) is 0 Å². The van der Waals surface area contributed by atoms with Crippen LogP contribution < -0.4 is 0 Å². The second-order valence-electron chi connectivity index (χ2n) is 6.45.